The van der Waals surface area contributed by atoms with Crippen molar-refractivity contribution < 1.29 is 4.74 Å². The first-order valence-electron chi connectivity index (χ1n) is 6.10. The average molecular weight is 286 g/mol. The topological polar surface area (TPSA) is 39.9 Å². The molecule has 0 radical (unpaired) electrons. The predicted octanol–water partition coefficient (Wildman–Crippen LogP) is 3.60. The SMILES string of the molecule is COc1cc(-c2ccccc2Cl)n(-c2ccccn2)n1. The van der Waals surface area contributed by atoms with Gasteiger partial charge in [-0.3, -0.25) is 0 Å². The number of halogens is 1. The largest absolute Gasteiger partial charge is 0.480 e. The monoisotopic (exact) mass is 285 g/mol. The Balaban J connectivity index is 2.21. The molecular weight excluding hydrogens is 274 g/mol. The first-order valence-corrected chi connectivity index (χ1v) is 6.48. The van der Waals surface area contributed by atoms with Crippen molar-refractivity contribution in [3.63, 3.8) is 0 Å². The van der Waals surface area contributed by atoms with E-state index in [0.717, 1.165) is 11.3 Å². The fourth-order valence-corrected chi connectivity index (χ4v) is 2.21. The highest BCUT2D eigenvalue weighted by molar-refractivity contribution is 6.33. The minimum Gasteiger partial charge on any atom is -0.480 e. The molecule has 0 atom stereocenters. The van der Waals surface area contributed by atoms with Crippen LogP contribution in [-0.4, -0.2) is 21.9 Å². The zero-order valence-corrected chi connectivity index (χ0v) is 11.6. The van der Waals surface area contributed by atoms with E-state index in [2.05, 4.69) is 10.1 Å². The molecule has 0 aliphatic rings. The van der Waals surface area contributed by atoms with Crippen LogP contribution in [0.4, 0.5) is 0 Å². The maximum atomic E-state index is 6.27. The Kier molecular flexibility index (Phi) is 3.39. The first-order chi connectivity index (χ1) is 9.79. The van der Waals surface area contributed by atoms with Crippen LogP contribution < -0.4 is 4.74 Å². The maximum absolute atomic E-state index is 6.27. The molecule has 2 heterocycles. The lowest BCUT2D eigenvalue weighted by Gasteiger charge is -2.07. The van der Waals surface area contributed by atoms with E-state index in [-0.39, 0.29) is 0 Å². The highest BCUT2D eigenvalue weighted by Gasteiger charge is 2.14. The molecule has 20 heavy (non-hydrogen) atoms. The molecule has 0 spiro atoms. The van der Waals surface area contributed by atoms with Crippen LogP contribution in [0.25, 0.3) is 17.1 Å². The third-order valence-electron chi connectivity index (χ3n) is 2.91. The van der Waals surface area contributed by atoms with Gasteiger partial charge in [0.15, 0.2) is 5.82 Å². The first kappa shape index (κ1) is 12.7. The van der Waals surface area contributed by atoms with E-state index in [1.165, 1.54) is 0 Å². The lowest BCUT2D eigenvalue weighted by Crippen LogP contribution is -2.01. The van der Waals surface area contributed by atoms with Gasteiger partial charge in [-0.2, -0.15) is 0 Å². The highest BCUT2D eigenvalue weighted by Crippen LogP contribution is 2.31. The lowest BCUT2D eigenvalue weighted by molar-refractivity contribution is 0.394. The van der Waals surface area contributed by atoms with E-state index in [1.54, 1.807) is 18.0 Å². The Morgan fingerprint density at radius 2 is 1.90 bits per heavy atom. The number of benzene rings is 1. The molecule has 3 aromatic rings. The van der Waals surface area contributed by atoms with E-state index in [9.17, 15) is 0 Å². The Labute approximate surface area is 121 Å². The fraction of sp³-hybridized carbons (Fsp3) is 0.0667. The van der Waals surface area contributed by atoms with Crippen LogP contribution in [0.5, 0.6) is 5.88 Å². The van der Waals surface area contributed by atoms with Gasteiger partial charge in [-0.25, -0.2) is 9.67 Å². The predicted molar refractivity (Wildman–Crippen MR) is 78.4 cm³/mol. The van der Waals surface area contributed by atoms with Crippen molar-refractivity contribution in [3.8, 4) is 23.0 Å². The van der Waals surface area contributed by atoms with E-state index >= 15 is 0 Å². The molecule has 5 heteroatoms. The number of nitrogens with zero attached hydrogens (tertiary/aromatic N) is 3. The average Bonchev–Trinajstić information content (AvgIpc) is 2.93. The highest BCUT2D eigenvalue weighted by atomic mass is 35.5. The van der Waals surface area contributed by atoms with Crippen molar-refractivity contribution in [2.45, 2.75) is 0 Å². The Morgan fingerprint density at radius 1 is 1.10 bits per heavy atom. The number of aromatic nitrogens is 3. The molecule has 0 bridgehead atoms. The number of hydrogen-bond donors (Lipinski definition) is 0. The van der Waals surface area contributed by atoms with Crippen molar-refractivity contribution in [2.75, 3.05) is 7.11 Å². The summed E-state index contributed by atoms with van der Waals surface area (Å²) < 4.78 is 6.94. The van der Waals surface area contributed by atoms with Crippen LogP contribution in [0, 0.1) is 0 Å². The van der Waals surface area contributed by atoms with E-state index in [0.29, 0.717) is 16.7 Å². The number of pyridine rings is 1. The van der Waals surface area contributed by atoms with Gasteiger partial charge in [0.25, 0.3) is 0 Å². The molecule has 1 aromatic carbocycles. The smallest absolute Gasteiger partial charge is 0.233 e. The minimum atomic E-state index is 0.519. The maximum Gasteiger partial charge on any atom is 0.233 e. The molecule has 0 unspecified atom stereocenters. The summed E-state index contributed by atoms with van der Waals surface area (Å²) in [7, 11) is 1.58. The summed E-state index contributed by atoms with van der Waals surface area (Å²) in [4.78, 5) is 4.31. The van der Waals surface area contributed by atoms with Crippen molar-refractivity contribution in [3.05, 3.63) is 59.8 Å². The number of ether oxygens (including phenoxy) is 1. The Hall–Kier alpha value is -2.33. The molecule has 0 saturated carbocycles. The van der Waals surface area contributed by atoms with Gasteiger partial charge in [0, 0.05) is 22.8 Å². The van der Waals surface area contributed by atoms with Gasteiger partial charge in [-0.15, -0.1) is 5.10 Å². The molecule has 100 valence electrons. The van der Waals surface area contributed by atoms with Crippen LogP contribution in [0.15, 0.2) is 54.7 Å². The summed E-state index contributed by atoms with van der Waals surface area (Å²) in [6.45, 7) is 0. The number of hydrogen-bond acceptors (Lipinski definition) is 3. The summed E-state index contributed by atoms with van der Waals surface area (Å²) in [6, 6.07) is 15.1. The van der Waals surface area contributed by atoms with Gasteiger partial charge in [-0.05, 0) is 18.2 Å². The summed E-state index contributed by atoms with van der Waals surface area (Å²) in [5.74, 6) is 1.23. The van der Waals surface area contributed by atoms with Crippen LogP contribution in [0.2, 0.25) is 5.02 Å². The molecule has 0 aliphatic carbocycles. The van der Waals surface area contributed by atoms with Crippen LogP contribution >= 0.6 is 11.6 Å². The van der Waals surface area contributed by atoms with Gasteiger partial charge in [-0.1, -0.05) is 35.9 Å². The molecule has 3 rings (SSSR count). The number of rotatable bonds is 3. The lowest BCUT2D eigenvalue weighted by atomic mass is 10.1. The Morgan fingerprint density at radius 3 is 2.60 bits per heavy atom. The standard InChI is InChI=1S/C15H12ClN3O/c1-20-15-10-13(11-6-2-3-7-12(11)16)19(18-15)14-8-4-5-9-17-14/h2-10H,1H3. The van der Waals surface area contributed by atoms with Gasteiger partial charge in [0.2, 0.25) is 5.88 Å². The van der Waals surface area contributed by atoms with Gasteiger partial charge in [0.05, 0.1) is 12.8 Å². The Bertz CT molecular complexity index is 725. The second kappa shape index (κ2) is 5.35. The van der Waals surface area contributed by atoms with E-state index < -0.39 is 0 Å². The van der Waals surface area contributed by atoms with Crippen molar-refractivity contribution >= 4 is 11.6 Å². The second-order valence-corrected chi connectivity index (χ2v) is 4.56. The van der Waals surface area contributed by atoms with Crippen molar-refractivity contribution in [1.29, 1.82) is 0 Å². The third-order valence-corrected chi connectivity index (χ3v) is 3.24. The zero-order valence-electron chi connectivity index (χ0n) is 10.8. The van der Waals surface area contributed by atoms with Crippen LogP contribution in [0.1, 0.15) is 0 Å². The quantitative estimate of drug-likeness (QED) is 0.738. The molecule has 0 aliphatic heterocycles. The van der Waals surface area contributed by atoms with Gasteiger partial charge < -0.3 is 4.74 Å². The molecule has 0 fully saturated rings. The summed E-state index contributed by atoms with van der Waals surface area (Å²) in [5, 5.41) is 5.05. The van der Waals surface area contributed by atoms with Gasteiger partial charge in [0.1, 0.15) is 0 Å². The molecule has 0 N–H and O–H groups in total. The zero-order chi connectivity index (χ0) is 13.9. The van der Waals surface area contributed by atoms with Crippen LogP contribution in [0.3, 0.4) is 0 Å². The van der Waals surface area contributed by atoms with E-state index in [1.807, 2.05) is 48.5 Å². The summed E-state index contributed by atoms with van der Waals surface area (Å²) in [5.41, 5.74) is 1.72. The molecular formula is C15H12ClN3O. The van der Waals surface area contributed by atoms with Crippen molar-refractivity contribution in [2.24, 2.45) is 0 Å². The van der Waals surface area contributed by atoms with Crippen molar-refractivity contribution in [1.82, 2.24) is 14.8 Å². The minimum absolute atomic E-state index is 0.519. The summed E-state index contributed by atoms with van der Waals surface area (Å²) in [6.07, 6.45) is 1.72. The molecule has 4 nitrogen and oxygen atoms in total. The second-order valence-electron chi connectivity index (χ2n) is 4.15. The third kappa shape index (κ3) is 2.26. The van der Waals surface area contributed by atoms with E-state index in [4.69, 9.17) is 16.3 Å². The van der Waals surface area contributed by atoms with Gasteiger partial charge >= 0.3 is 0 Å². The fourth-order valence-electron chi connectivity index (χ4n) is 1.97. The summed E-state index contributed by atoms with van der Waals surface area (Å²) >= 11 is 6.27. The normalized spacial score (nSPS) is 10.5. The number of methoxy groups -OCH3 is 1. The van der Waals surface area contributed by atoms with Crippen LogP contribution in [-0.2, 0) is 0 Å². The molecule has 0 amide bonds. The molecule has 2 aromatic heterocycles. The molecule has 0 saturated heterocycles.